The Labute approximate surface area is 153 Å². The Kier molecular flexibility index (Phi) is 6.60. The summed E-state index contributed by atoms with van der Waals surface area (Å²) in [4.78, 5) is 14.4. The number of carbonyl (C=O) groups is 1. The summed E-state index contributed by atoms with van der Waals surface area (Å²) in [5.74, 6) is 0.326. The maximum Gasteiger partial charge on any atom is 0.244 e. The second kappa shape index (κ2) is 9.33. The van der Waals surface area contributed by atoms with Crippen molar-refractivity contribution in [3.8, 4) is 0 Å². The summed E-state index contributed by atoms with van der Waals surface area (Å²) in [6.45, 7) is 4.03. The molecule has 1 amide bonds. The average Bonchev–Trinajstić information content (AvgIpc) is 3.19. The van der Waals surface area contributed by atoms with E-state index in [9.17, 15) is 9.90 Å². The topological polar surface area (TPSA) is 74.9 Å². The number of aliphatic hydroxyl groups excluding tert-OH is 1. The summed E-state index contributed by atoms with van der Waals surface area (Å²) in [6.07, 6.45) is 4.55. The zero-order valence-electron chi connectivity index (χ0n) is 14.6. The van der Waals surface area contributed by atoms with Gasteiger partial charge in [0.15, 0.2) is 0 Å². The average molecular weight is 356 g/mol. The Hall–Kier alpha value is -2.41. The zero-order valence-corrected chi connectivity index (χ0v) is 14.6. The highest BCUT2D eigenvalue weighted by Crippen LogP contribution is 2.16. The number of aliphatic hydroxyl groups is 1. The summed E-state index contributed by atoms with van der Waals surface area (Å²) in [6, 6.07) is 11.0. The first kappa shape index (κ1) is 18.4. The highest BCUT2D eigenvalue weighted by Gasteiger charge is 2.15. The van der Waals surface area contributed by atoms with Gasteiger partial charge in [-0.1, -0.05) is 24.3 Å². The van der Waals surface area contributed by atoms with E-state index in [-0.39, 0.29) is 12.5 Å². The fraction of sp³-hybridized carbons (Fsp3) is 0.350. The Morgan fingerprint density at radius 3 is 2.85 bits per heavy atom. The molecule has 2 N–H and O–H groups in total. The molecule has 1 saturated heterocycles. The normalized spacial score (nSPS) is 16.7. The number of nitrogens with one attached hydrogen (secondary N) is 1. The molecule has 1 aromatic carbocycles. The highest BCUT2D eigenvalue weighted by molar-refractivity contribution is 5.91. The Morgan fingerprint density at radius 2 is 2.12 bits per heavy atom. The minimum atomic E-state index is -0.451. The lowest BCUT2D eigenvalue weighted by Gasteiger charge is -2.27. The Balaban J connectivity index is 1.61. The fourth-order valence-corrected chi connectivity index (χ4v) is 2.92. The van der Waals surface area contributed by atoms with Gasteiger partial charge >= 0.3 is 0 Å². The molecule has 1 atom stereocenters. The molecule has 6 heteroatoms. The molecule has 0 bridgehead atoms. The van der Waals surface area contributed by atoms with Crippen LogP contribution in [0.1, 0.15) is 22.9 Å². The first-order valence-corrected chi connectivity index (χ1v) is 8.76. The van der Waals surface area contributed by atoms with Crippen molar-refractivity contribution in [3.05, 3.63) is 65.6 Å². The third-order valence-corrected chi connectivity index (χ3v) is 4.30. The molecular weight excluding hydrogens is 332 g/mol. The van der Waals surface area contributed by atoms with Crippen LogP contribution in [0.3, 0.4) is 0 Å². The van der Waals surface area contributed by atoms with Crippen LogP contribution in [0.15, 0.2) is 53.2 Å². The number of hydrogen-bond acceptors (Lipinski definition) is 5. The maximum absolute atomic E-state index is 12.1. The van der Waals surface area contributed by atoms with Crippen molar-refractivity contribution in [3.63, 3.8) is 0 Å². The molecule has 0 radical (unpaired) electrons. The van der Waals surface area contributed by atoms with Gasteiger partial charge in [-0.25, -0.2) is 0 Å². The van der Waals surface area contributed by atoms with E-state index in [1.807, 2.05) is 18.2 Å². The van der Waals surface area contributed by atoms with Crippen molar-refractivity contribution in [1.29, 1.82) is 0 Å². The molecule has 6 nitrogen and oxygen atoms in total. The van der Waals surface area contributed by atoms with E-state index in [4.69, 9.17) is 9.15 Å². The molecule has 1 fully saturated rings. The minimum absolute atomic E-state index is 0.165. The largest absolute Gasteiger partial charge is 0.465 e. The van der Waals surface area contributed by atoms with E-state index >= 15 is 0 Å². The second-order valence-electron chi connectivity index (χ2n) is 6.23. The van der Waals surface area contributed by atoms with Crippen LogP contribution in [0.25, 0.3) is 6.08 Å². The van der Waals surface area contributed by atoms with Gasteiger partial charge in [0.05, 0.1) is 32.1 Å². The van der Waals surface area contributed by atoms with Gasteiger partial charge in [-0.3, -0.25) is 9.69 Å². The molecule has 138 valence electrons. The lowest BCUT2D eigenvalue weighted by atomic mass is 10.0. The van der Waals surface area contributed by atoms with Crippen LogP contribution in [0.4, 0.5) is 0 Å². The molecule has 3 rings (SSSR count). The SMILES string of the molecule is O=C(C=Cc1ccco1)N[C@H](CO)c1cccc(CN2CCOCC2)c1. The first-order chi connectivity index (χ1) is 12.7. The number of ether oxygens (including phenoxy) is 1. The van der Waals surface area contributed by atoms with E-state index < -0.39 is 6.04 Å². The van der Waals surface area contributed by atoms with Crippen LogP contribution in [0.2, 0.25) is 0 Å². The fourth-order valence-electron chi connectivity index (χ4n) is 2.92. The van der Waals surface area contributed by atoms with Gasteiger partial charge < -0.3 is 19.6 Å². The van der Waals surface area contributed by atoms with Gasteiger partial charge in [-0.15, -0.1) is 0 Å². The van der Waals surface area contributed by atoms with Crippen LogP contribution in [0.5, 0.6) is 0 Å². The molecule has 0 spiro atoms. The third-order valence-electron chi connectivity index (χ3n) is 4.30. The van der Waals surface area contributed by atoms with E-state index in [1.165, 1.54) is 6.08 Å². The van der Waals surface area contributed by atoms with Gasteiger partial charge in [0.2, 0.25) is 5.91 Å². The van der Waals surface area contributed by atoms with Crippen LogP contribution >= 0.6 is 0 Å². The molecular formula is C20H24N2O4. The molecule has 1 aliphatic heterocycles. The quantitative estimate of drug-likeness (QED) is 0.742. The smallest absolute Gasteiger partial charge is 0.244 e. The van der Waals surface area contributed by atoms with Crippen LogP contribution in [-0.2, 0) is 16.1 Å². The summed E-state index contributed by atoms with van der Waals surface area (Å²) in [5, 5.41) is 12.5. The standard InChI is InChI=1S/C20H24N2O4/c23-15-19(21-20(24)7-6-18-5-2-10-26-18)17-4-1-3-16(13-17)14-22-8-11-25-12-9-22/h1-7,10,13,19,23H,8-9,11-12,14-15H2,(H,21,24)/t19-/m1/s1. The van der Waals surface area contributed by atoms with Crippen LogP contribution in [-0.4, -0.2) is 48.8 Å². The van der Waals surface area contributed by atoms with Gasteiger partial charge in [-0.05, 0) is 29.3 Å². The van der Waals surface area contributed by atoms with Crippen molar-refractivity contribution in [2.75, 3.05) is 32.9 Å². The maximum atomic E-state index is 12.1. The number of nitrogens with zero attached hydrogens (tertiary/aromatic N) is 1. The predicted molar refractivity (Wildman–Crippen MR) is 98.2 cm³/mol. The summed E-state index contributed by atoms with van der Waals surface area (Å²) in [7, 11) is 0. The molecule has 0 saturated carbocycles. The van der Waals surface area contributed by atoms with Gasteiger partial charge in [-0.2, -0.15) is 0 Å². The summed E-state index contributed by atoms with van der Waals surface area (Å²) >= 11 is 0. The number of amides is 1. The minimum Gasteiger partial charge on any atom is -0.465 e. The van der Waals surface area contributed by atoms with Gasteiger partial charge in [0.25, 0.3) is 0 Å². The number of morpholine rings is 1. The number of hydrogen-bond donors (Lipinski definition) is 2. The number of benzene rings is 1. The van der Waals surface area contributed by atoms with E-state index in [2.05, 4.69) is 16.3 Å². The van der Waals surface area contributed by atoms with Crippen molar-refractivity contribution >= 4 is 12.0 Å². The summed E-state index contributed by atoms with van der Waals surface area (Å²) < 4.78 is 10.5. The number of furan rings is 1. The lowest BCUT2D eigenvalue weighted by molar-refractivity contribution is -0.117. The third kappa shape index (κ3) is 5.29. The molecule has 0 aliphatic carbocycles. The molecule has 1 aromatic heterocycles. The van der Waals surface area contributed by atoms with Crippen molar-refractivity contribution < 1.29 is 19.1 Å². The van der Waals surface area contributed by atoms with E-state index in [0.717, 1.165) is 44.0 Å². The Bertz CT molecular complexity index is 721. The van der Waals surface area contributed by atoms with Crippen LogP contribution < -0.4 is 5.32 Å². The molecule has 26 heavy (non-hydrogen) atoms. The highest BCUT2D eigenvalue weighted by atomic mass is 16.5. The van der Waals surface area contributed by atoms with Crippen molar-refractivity contribution in [2.24, 2.45) is 0 Å². The van der Waals surface area contributed by atoms with Crippen LogP contribution in [0, 0.1) is 0 Å². The van der Waals surface area contributed by atoms with Crippen molar-refractivity contribution in [2.45, 2.75) is 12.6 Å². The molecule has 2 heterocycles. The zero-order chi connectivity index (χ0) is 18.2. The molecule has 2 aromatic rings. The number of rotatable bonds is 7. The molecule has 1 aliphatic rings. The monoisotopic (exact) mass is 356 g/mol. The van der Waals surface area contributed by atoms with Gasteiger partial charge in [0, 0.05) is 25.7 Å². The summed E-state index contributed by atoms with van der Waals surface area (Å²) in [5.41, 5.74) is 2.04. The number of carbonyl (C=O) groups excluding carboxylic acids is 1. The lowest BCUT2D eigenvalue weighted by Crippen LogP contribution is -2.35. The van der Waals surface area contributed by atoms with E-state index in [0.29, 0.717) is 5.76 Å². The Morgan fingerprint density at radius 1 is 1.27 bits per heavy atom. The van der Waals surface area contributed by atoms with Crippen molar-refractivity contribution in [1.82, 2.24) is 10.2 Å². The van der Waals surface area contributed by atoms with Gasteiger partial charge in [0.1, 0.15) is 5.76 Å². The molecule has 0 unspecified atom stereocenters. The predicted octanol–water partition coefficient (Wildman–Crippen LogP) is 1.97. The second-order valence-corrected chi connectivity index (χ2v) is 6.23. The van der Waals surface area contributed by atoms with E-state index in [1.54, 1.807) is 24.5 Å². The first-order valence-electron chi connectivity index (χ1n) is 8.76.